The summed E-state index contributed by atoms with van der Waals surface area (Å²) in [6.07, 6.45) is 3.26. The van der Waals surface area contributed by atoms with Crippen LogP contribution in [0.25, 0.3) is 0 Å². The number of rotatable bonds is 8. The second-order valence-electron chi connectivity index (χ2n) is 4.50. The molecule has 0 aromatic heterocycles. The van der Waals surface area contributed by atoms with Gasteiger partial charge in [0.25, 0.3) is 0 Å². The van der Waals surface area contributed by atoms with E-state index in [0.29, 0.717) is 18.8 Å². The summed E-state index contributed by atoms with van der Waals surface area (Å²) < 4.78 is 0. The zero-order valence-electron chi connectivity index (χ0n) is 10.5. The van der Waals surface area contributed by atoms with Crippen LogP contribution in [0.5, 0.6) is 0 Å². The second kappa shape index (κ2) is 8.13. The van der Waals surface area contributed by atoms with Crippen LogP contribution in [0, 0.1) is 5.92 Å². The molecular formula is C12H23NO3. The van der Waals surface area contributed by atoms with Crippen molar-refractivity contribution in [2.24, 2.45) is 5.92 Å². The Kier molecular flexibility index (Phi) is 7.60. The molecule has 0 rings (SSSR count). The summed E-state index contributed by atoms with van der Waals surface area (Å²) in [5, 5.41) is 11.3. The van der Waals surface area contributed by atoms with E-state index in [1.165, 1.54) is 0 Å². The smallest absolute Gasteiger partial charge is 0.303 e. The Morgan fingerprint density at radius 3 is 2.38 bits per heavy atom. The highest BCUT2D eigenvalue weighted by Gasteiger charge is 2.11. The van der Waals surface area contributed by atoms with Gasteiger partial charge in [0.15, 0.2) is 0 Å². The van der Waals surface area contributed by atoms with Gasteiger partial charge < -0.3 is 10.4 Å². The van der Waals surface area contributed by atoms with Crippen molar-refractivity contribution in [1.29, 1.82) is 0 Å². The van der Waals surface area contributed by atoms with Gasteiger partial charge in [0, 0.05) is 18.9 Å². The first-order valence-corrected chi connectivity index (χ1v) is 5.96. The summed E-state index contributed by atoms with van der Waals surface area (Å²) in [5.41, 5.74) is 0. The number of aliphatic carboxylic acids is 1. The number of hydrogen-bond acceptors (Lipinski definition) is 2. The maximum Gasteiger partial charge on any atom is 0.303 e. The molecule has 0 aliphatic rings. The third-order valence-corrected chi connectivity index (χ3v) is 2.51. The first kappa shape index (κ1) is 14.9. The van der Waals surface area contributed by atoms with E-state index in [2.05, 4.69) is 19.2 Å². The van der Waals surface area contributed by atoms with Gasteiger partial charge in [0.05, 0.1) is 0 Å². The topological polar surface area (TPSA) is 66.4 Å². The minimum absolute atomic E-state index is 0.0267. The second-order valence-corrected chi connectivity index (χ2v) is 4.50. The molecule has 1 amide bonds. The van der Waals surface area contributed by atoms with E-state index in [1.807, 2.05) is 6.92 Å². The van der Waals surface area contributed by atoms with Crippen LogP contribution in [-0.2, 0) is 9.59 Å². The molecule has 0 aromatic carbocycles. The highest BCUT2D eigenvalue weighted by atomic mass is 16.4. The number of amides is 1. The minimum atomic E-state index is -0.819. The number of carbonyl (C=O) groups excluding carboxylic acids is 1. The quantitative estimate of drug-likeness (QED) is 0.670. The van der Waals surface area contributed by atoms with Crippen molar-refractivity contribution in [1.82, 2.24) is 5.32 Å². The number of carboxylic acids is 1. The van der Waals surface area contributed by atoms with Crippen LogP contribution in [0.1, 0.15) is 52.9 Å². The largest absolute Gasteiger partial charge is 0.481 e. The van der Waals surface area contributed by atoms with E-state index in [1.54, 1.807) is 0 Å². The Morgan fingerprint density at radius 2 is 1.88 bits per heavy atom. The van der Waals surface area contributed by atoms with Crippen LogP contribution in [0.15, 0.2) is 0 Å². The highest BCUT2D eigenvalue weighted by molar-refractivity contribution is 5.76. The predicted octanol–water partition coefficient (Wildman–Crippen LogP) is 2.18. The van der Waals surface area contributed by atoms with Gasteiger partial charge in [-0.15, -0.1) is 0 Å². The summed E-state index contributed by atoms with van der Waals surface area (Å²) >= 11 is 0. The third-order valence-electron chi connectivity index (χ3n) is 2.51. The summed E-state index contributed by atoms with van der Waals surface area (Å²) in [5.74, 6) is -0.393. The lowest BCUT2D eigenvalue weighted by Crippen LogP contribution is -2.33. The molecule has 0 bridgehead atoms. The number of carbonyl (C=O) groups is 2. The lowest BCUT2D eigenvalue weighted by molar-refractivity contribution is -0.137. The van der Waals surface area contributed by atoms with Crippen LogP contribution < -0.4 is 5.32 Å². The molecule has 0 aliphatic heterocycles. The first-order valence-electron chi connectivity index (χ1n) is 5.96. The Labute approximate surface area is 97.4 Å². The molecule has 0 saturated heterocycles. The lowest BCUT2D eigenvalue weighted by atomic mass is 10.0. The predicted molar refractivity (Wildman–Crippen MR) is 63.2 cm³/mol. The van der Waals surface area contributed by atoms with E-state index in [9.17, 15) is 9.59 Å². The van der Waals surface area contributed by atoms with Gasteiger partial charge in [-0.3, -0.25) is 9.59 Å². The fourth-order valence-corrected chi connectivity index (χ4v) is 1.66. The minimum Gasteiger partial charge on any atom is -0.481 e. The zero-order chi connectivity index (χ0) is 12.6. The number of carboxylic acid groups (broad SMARTS) is 1. The normalized spacial score (nSPS) is 14.2. The average Bonchev–Trinajstić information content (AvgIpc) is 2.14. The van der Waals surface area contributed by atoms with Gasteiger partial charge in [-0.25, -0.2) is 0 Å². The summed E-state index contributed by atoms with van der Waals surface area (Å²) in [7, 11) is 0. The molecule has 4 heteroatoms. The molecule has 94 valence electrons. The number of nitrogens with one attached hydrogen (secondary N) is 1. The van der Waals surface area contributed by atoms with Crippen molar-refractivity contribution in [3.63, 3.8) is 0 Å². The Balaban J connectivity index is 3.73. The zero-order valence-corrected chi connectivity index (χ0v) is 10.5. The van der Waals surface area contributed by atoms with Gasteiger partial charge in [0.2, 0.25) is 5.91 Å². The fraction of sp³-hybridized carbons (Fsp3) is 0.833. The monoisotopic (exact) mass is 229 g/mol. The molecular weight excluding hydrogens is 206 g/mol. The van der Waals surface area contributed by atoms with Crippen LogP contribution in [0.3, 0.4) is 0 Å². The van der Waals surface area contributed by atoms with Crippen molar-refractivity contribution in [2.75, 3.05) is 0 Å². The molecule has 0 fully saturated rings. The Hall–Kier alpha value is -1.06. The first-order chi connectivity index (χ1) is 7.45. The molecule has 2 N–H and O–H groups in total. The van der Waals surface area contributed by atoms with Crippen LogP contribution in [0.2, 0.25) is 0 Å². The van der Waals surface area contributed by atoms with E-state index < -0.39 is 5.97 Å². The van der Waals surface area contributed by atoms with Crippen molar-refractivity contribution < 1.29 is 14.7 Å². The lowest BCUT2D eigenvalue weighted by Gasteiger charge is -2.15. The molecule has 2 unspecified atom stereocenters. The molecule has 0 aliphatic carbocycles. The number of hydrogen-bond donors (Lipinski definition) is 2. The van der Waals surface area contributed by atoms with Crippen LogP contribution >= 0.6 is 0 Å². The Bertz CT molecular complexity index is 228. The van der Waals surface area contributed by atoms with Gasteiger partial charge >= 0.3 is 5.97 Å². The standard InChI is InChI=1S/C12H23NO3/c1-4-5-9(2)8-11(14)13-10(3)6-7-12(15)16/h9-10H,4-8H2,1-3H3,(H,13,14)(H,15,16). The molecule has 2 atom stereocenters. The average molecular weight is 229 g/mol. The van der Waals surface area contributed by atoms with E-state index in [-0.39, 0.29) is 18.4 Å². The van der Waals surface area contributed by atoms with E-state index in [4.69, 9.17) is 5.11 Å². The van der Waals surface area contributed by atoms with Crippen molar-refractivity contribution in [2.45, 2.75) is 58.9 Å². The van der Waals surface area contributed by atoms with Gasteiger partial charge in [-0.05, 0) is 19.3 Å². The molecule has 4 nitrogen and oxygen atoms in total. The molecule has 0 radical (unpaired) electrons. The van der Waals surface area contributed by atoms with Crippen molar-refractivity contribution >= 4 is 11.9 Å². The molecule has 0 heterocycles. The SMILES string of the molecule is CCCC(C)CC(=O)NC(C)CCC(=O)O. The highest BCUT2D eigenvalue weighted by Crippen LogP contribution is 2.09. The molecule has 0 saturated carbocycles. The van der Waals surface area contributed by atoms with E-state index >= 15 is 0 Å². The Morgan fingerprint density at radius 1 is 1.25 bits per heavy atom. The summed E-state index contributed by atoms with van der Waals surface area (Å²) in [6.45, 7) is 6.00. The third kappa shape index (κ3) is 8.26. The summed E-state index contributed by atoms with van der Waals surface area (Å²) in [4.78, 5) is 21.9. The van der Waals surface area contributed by atoms with Gasteiger partial charge in [0.1, 0.15) is 0 Å². The maximum absolute atomic E-state index is 11.5. The van der Waals surface area contributed by atoms with Gasteiger partial charge in [-0.1, -0.05) is 26.7 Å². The molecule has 0 spiro atoms. The van der Waals surface area contributed by atoms with Crippen LogP contribution in [0.4, 0.5) is 0 Å². The van der Waals surface area contributed by atoms with Crippen molar-refractivity contribution in [3.05, 3.63) is 0 Å². The molecule has 0 aromatic rings. The fourth-order valence-electron chi connectivity index (χ4n) is 1.66. The van der Waals surface area contributed by atoms with Crippen molar-refractivity contribution in [3.8, 4) is 0 Å². The molecule has 16 heavy (non-hydrogen) atoms. The summed E-state index contributed by atoms with van der Waals surface area (Å²) in [6, 6.07) is -0.0579. The van der Waals surface area contributed by atoms with Gasteiger partial charge in [-0.2, -0.15) is 0 Å². The maximum atomic E-state index is 11.5. The van der Waals surface area contributed by atoms with E-state index in [0.717, 1.165) is 12.8 Å². The van der Waals surface area contributed by atoms with Crippen LogP contribution in [-0.4, -0.2) is 23.0 Å².